The molecule has 1 aromatic carbocycles. The smallest absolute Gasteiger partial charge is 0.246 e. The highest BCUT2D eigenvalue weighted by Gasteiger charge is 2.17. The summed E-state index contributed by atoms with van der Waals surface area (Å²) in [6.07, 6.45) is 6.72. The lowest BCUT2D eigenvalue weighted by molar-refractivity contribution is -0.125. The molecule has 4 rings (SSSR count). The van der Waals surface area contributed by atoms with E-state index in [2.05, 4.69) is 15.3 Å². The molecular formula is C23H23N5O2. The molecule has 0 radical (unpaired) electrons. The Balaban J connectivity index is 1.47. The number of amides is 2. The van der Waals surface area contributed by atoms with Gasteiger partial charge >= 0.3 is 0 Å². The first-order chi connectivity index (χ1) is 14.5. The van der Waals surface area contributed by atoms with Gasteiger partial charge in [0.2, 0.25) is 11.8 Å². The van der Waals surface area contributed by atoms with Crippen molar-refractivity contribution in [1.82, 2.24) is 19.8 Å². The Bertz CT molecular complexity index is 1140. The van der Waals surface area contributed by atoms with Crippen molar-refractivity contribution in [2.24, 2.45) is 0 Å². The van der Waals surface area contributed by atoms with Crippen LogP contribution in [0.2, 0.25) is 0 Å². The quantitative estimate of drug-likeness (QED) is 0.680. The molecule has 0 bridgehead atoms. The predicted molar refractivity (Wildman–Crippen MR) is 116 cm³/mol. The number of rotatable bonds is 4. The molecule has 3 heterocycles. The van der Waals surface area contributed by atoms with Crippen molar-refractivity contribution in [2.45, 2.75) is 13.1 Å². The third kappa shape index (κ3) is 4.36. The summed E-state index contributed by atoms with van der Waals surface area (Å²) in [7, 11) is 3.67. The zero-order valence-corrected chi connectivity index (χ0v) is 17.0. The Morgan fingerprint density at radius 3 is 2.97 bits per heavy atom. The number of hydrogen-bond donors (Lipinski definition) is 1. The predicted octanol–water partition coefficient (Wildman–Crippen LogP) is 2.69. The number of benzene rings is 1. The largest absolute Gasteiger partial charge is 0.338 e. The van der Waals surface area contributed by atoms with E-state index in [0.717, 1.165) is 27.6 Å². The number of carbonyl (C=O) groups excluding carboxylic acids is 2. The van der Waals surface area contributed by atoms with Gasteiger partial charge in [0.25, 0.3) is 0 Å². The van der Waals surface area contributed by atoms with Gasteiger partial charge in [-0.25, -0.2) is 4.98 Å². The fraction of sp³-hybridized carbons (Fsp3) is 0.217. The summed E-state index contributed by atoms with van der Waals surface area (Å²) >= 11 is 0. The van der Waals surface area contributed by atoms with Gasteiger partial charge in [0.05, 0.1) is 12.1 Å². The van der Waals surface area contributed by atoms with Gasteiger partial charge in [-0.05, 0) is 42.4 Å². The minimum atomic E-state index is -0.101. The molecule has 1 aliphatic rings. The minimum absolute atomic E-state index is 0.0764. The zero-order valence-electron chi connectivity index (χ0n) is 17.0. The molecule has 3 aromatic rings. The number of pyridine rings is 2. The van der Waals surface area contributed by atoms with Gasteiger partial charge in [-0.1, -0.05) is 18.2 Å². The Labute approximate surface area is 175 Å². The van der Waals surface area contributed by atoms with Crippen molar-refractivity contribution in [3.8, 4) is 0 Å². The molecule has 0 spiro atoms. The number of aromatic nitrogens is 2. The van der Waals surface area contributed by atoms with Gasteiger partial charge in [0.15, 0.2) is 0 Å². The fourth-order valence-electron chi connectivity index (χ4n) is 3.55. The van der Waals surface area contributed by atoms with Crippen LogP contribution in [-0.2, 0) is 22.7 Å². The molecule has 7 heteroatoms. The highest BCUT2D eigenvalue weighted by molar-refractivity contribution is 5.93. The van der Waals surface area contributed by atoms with E-state index in [4.69, 9.17) is 0 Å². The van der Waals surface area contributed by atoms with Crippen LogP contribution in [0.4, 0.5) is 5.82 Å². The molecule has 152 valence electrons. The molecule has 2 amide bonds. The van der Waals surface area contributed by atoms with Crippen LogP contribution in [0.15, 0.2) is 54.9 Å². The first kappa shape index (κ1) is 19.7. The summed E-state index contributed by atoms with van der Waals surface area (Å²) < 4.78 is 0. The second-order valence-electron chi connectivity index (χ2n) is 7.51. The van der Waals surface area contributed by atoms with Crippen LogP contribution in [0.5, 0.6) is 0 Å². The highest BCUT2D eigenvalue weighted by Crippen LogP contribution is 2.20. The molecule has 0 fully saturated rings. The van der Waals surface area contributed by atoms with Crippen molar-refractivity contribution in [2.75, 3.05) is 26.0 Å². The zero-order chi connectivity index (χ0) is 21.1. The molecule has 2 aromatic heterocycles. The number of anilines is 1. The Kier molecular flexibility index (Phi) is 5.54. The maximum Gasteiger partial charge on any atom is 0.246 e. The summed E-state index contributed by atoms with van der Waals surface area (Å²) in [6.45, 7) is 1.44. The third-order valence-electron chi connectivity index (χ3n) is 5.04. The van der Waals surface area contributed by atoms with Crippen LogP contribution in [0.25, 0.3) is 17.0 Å². The molecule has 7 nitrogen and oxygen atoms in total. The van der Waals surface area contributed by atoms with Crippen molar-refractivity contribution in [3.63, 3.8) is 0 Å². The van der Waals surface area contributed by atoms with Crippen LogP contribution in [0, 0.1) is 0 Å². The normalized spacial score (nSPS) is 14.4. The lowest BCUT2D eigenvalue weighted by Gasteiger charge is -2.16. The molecule has 1 aliphatic heterocycles. The average Bonchev–Trinajstić information content (AvgIpc) is 2.88. The monoisotopic (exact) mass is 401 g/mol. The fourth-order valence-corrected chi connectivity index (χ4v) is 3.55. The topological polar surface area (TPSA) is 78.4 Å². The molecule has 0 saturated carbocycles. The number of nitrogens with one attached hydrogen (secondary N) is 1. The van der Waals surface area contributed by atoms with Crippen LogP contribution in [0.1, 0.15) is 16.7 Å². The van der Waals surface area contributed by atoms with E-state index in [-0.39, 0.29) is 11.8 Å². The van der Waals surface area contributed by atoms with Gasteiger partial charge in [-0.3, -0.25) is 19.5 Å². The summed E-state index contributed by atoms with van der Waals surface area (Å²) in [6, 6.07) is 11.8. The van der Waals surface area contributed by atoms with Gasteiger partial charge in [-0.2, -0.15) is 0 Å². The maximum absolute atomic E-state index is 12.6. The van der Waals surface area contributed by atoms with E-state index in [9.17, 15) is 9.59 Å². The minimum Gasteiger partial charge on any atom is -0.338 e. The number of nitrogens with zero attached hydrogens (tertiary/aromatic N) is 4. The van der Waals surface area contributed by atoms with Gasteiger partial charge in [-0.15, -0.1) is 0 Å². The van der Waals surface area contributed by atoms with Crippen molar-refractivity contribution in [3.05, 3.63) is 71.6 Å². The van der Waals surface area contributed by atoms with Crippen LogP contribution < -0.4 is 5.32 Å². The van der Waals surface area contributed by atoms with Crippen molar-refractivity contribution in [1.29, 1.82) is 0 Å². The van der Waals surface area contributed by atoms with E-state index in [0.29, 0.717) is 25.5 Å². The van der Waals surface area contributed by atoms with Gasteiger partial charge in [0, 0.05) is 49.6 Å². The number of fused-ring (bicyclic) bond motifs is 2. The van der Waals surface area contributed by atoms with E-state index in [1.165, 1.54) is 0 Å². The second-order valence-corrected chi connectivity index (χ2v) is 7.51. The van der Waals surface area contributed by atoms with Gasteiger partial charge < -0.3 is 10.2 Å². The molecular weight excluding hydrogens is 378 g/mol. The molecule has 30 heavy (non-hydrogen) atoms. The van der Waals surface area contributed by atoms with Crippen LogP contribution in [-0.4, -0.2) is 52.2 Å². The molecule has 0 aliphatic carbocycles. The summed E-state index contributed by atoms with van der Waals surface area (Å²) in [5.74, 6) is 0.401. The van der Waals surface area contributed by atoms with Crippen LogP contribution in [0.3, 0.4) is 0 Å². The highest BCUT2D eigenvalue weighted by atomic mass is 16.2. The number of hydrogen-bond acceptors (Lipinski definition) is 5. The van der Waals surface area contributed by atoms with Gasteiger partial charge in [0.1, 0.15) is 5.82 Å². The third-order valence-corrected chi connectivity index (χ3v) is 5.04. The lowest BCUT2D eigenvalue weighted by Crippen LogP contribution is -2.26. The first-order valence-electron chi connectivity index (χ1n) is 9.73. The Morgan fingerprint density at radius 1 is 1.23 bits per heavy atom. The molecule has 1 N–H and O–H groups in total. The van der Waals surface area contributed by atoms with Crippen LogP contribution >= 0.6 is 0 Å². The number of carbonyl (C=O) groups is 2. The average molecular weight is 401 g/mol. The summed E-state index contributed by atoms with van der Waals surface area (Å²) in [4.78, 5) is 36.7. The van der Waals surface area contributed by atoms with E-state index in [1.807, 2.05) is 48.3 Å². The standard InChI is InChI=1S/C23H23N5O2/c1-27-13-18-11-16(12-25-23(18)26-21(29)15-27)8-9-22(30)28(2)14-17-5-3-7-20-19(17)6-4-10-24-20/h3-12H,13-15H2,1-2H3,(H,25,26,29)/b9-8+. The second kappa shape index (κ2) is 8.42. The maximum atomic E-state index is 12.6. The SMILES string of the molecule is CN1CC(=O)Nc2ncc(/C=C/C(=O)N(C)Cc3cccc4ncccc34)cc2C1. The number of likely N-dealkylation sites (N-methyl/N-ethyl adjacent to an activating group) is 2. The van der Waals surface area contributed by atoms with Crippen molar-refractivity contribution < 1.29 is 9.59 Å². The van der Waals surface area contributed by atoms with Crippen molar-refractivity contribution >= 4 is 34.6 Å². The Morgan fingerprint density at radius 2 is 2.10 bits per heavy atom. The summed E-state index contributed by atoms with van der Waals surface area (Å²) in [5, 5.41) is 3.85. The molecule has 0 atom stereocenters. The first-order valence-corrected chi connectivity index (χ1v) is 9.73. The van der Waals surface area contributed by atoms with E-state index in [1.54, 1.807) is 36.5 Å². The lowest BCUT2D eigenvalue weighted by atomic mass is 10.1. The molecule has 0 saturated heterocycles. The molecule has 0 unspecified atom stereocenters. The van der Waals surface area contributed by atoms with E-state index >= 15 is 0 Å². The Hall–Kier alpha value is -3.58. The summed E-state index contributed by atoms with van der Waals surface area (Å²) in [5.41, 5.74) is 3.71. The van der Waals surface area contributed by atoms with E-state index < -0.39 is 0 Å².